The van der Waals surface area contributed by atoms with Gasteiger partial charge in [-0.3, -0.25) is 9.59 Å². The fraction of sp³-hybridized carbons (Fsp3) is 0.733. The molecular weight excluding hydrogens is 268 g/mol. The summed E-state index contributed by atoms with van der Waals surface area (Å²) in [6.07, 6.45) is 8.98. The van der Waals surface area contributed by atoms with Gasteiger partial charge in [0.05, 0.1) is 0 Å². The van der Waals surface area contributed by atoms with E-state index in [1.54, 1.807) is 0 Å². The number of carbonyl (C=O) groups is 2. The second-order valence-electron chi connectivity index (χ2n) is 5.97. The summed E-state index contributed by atoms with van der Waals surface area (Å²) in [7, 11) is 0. The van der Waals surface area contributed by atoms with Crippen molar-refractivity contribution in [2.45, 2.75) is 57.2 Å². The summed E-state index contributed by atoms with van der Waals surface area (Å²) < 4.78 is 0. The highest BCUT2D eigenvalue weighted by Gasteiger charge is 2.39. The first-order valence-electron chi connectivity index (χ1n) is 7.46. The number of nitrogens with one attached hydrogen (secondary N) is 2. The van der Waals surface area contributed by atoms with Crippen LogP contribution in [0.15, 0.2) is 10.2 Å². The van der Waals surface area contributed by atoms with Crippen LogP contribution in [0, 0.1) is 18.3 Å². The summed E-state index contributed by atoms with van der Waals surface area (Å²) in [6.45, 7) is 2.54. The molecule has 0 saturated carbocycles. The Morgan fingerprint density at radius 3 is 2.90 bits per heavy atom. The number of hydrogen-bond acceptors (Lipinski definition) is 4. The monoisotopic (exact) mass is 290 g/mol. The lowest BCUT2D eigenvalue weighted by molar-refractivity contribution is -0.126. The average Bonchev–Trinajstić information content (AvgIpc) is 3.20. The maximum atomic E-state index is 11.9. The Morgan fingerprint density at radius 2 is 2.29 bits per heavy atom. The van der Waals surface area contributed by atoms with E-state index in [2.05, 4.69) is 26.8 Å². The molecule has 114 valence electrons. The van der Waals surface area contributed by atoms with Crippen LogP contribution >= 0.6 is 0 Å². The summed E-state index contributed by atoms with van der Waals surface area (Å²) in [5.41, 5.74) is -0.400. The second kappa shape index (κ2) is 6.70. The standard InChI is InChI=1S/C15H22N4O2/c1-3-4-6-15(18-19-15)7-5-13(20)16-10-12-8-11(2)17-14(21)9-12/h1,11-12H,4-10H2,2H3,(H,16,20)(H,17,21). The highest BCUT2D eigenvalue weighted by atomic mass is 16.2. The van der Waals surface area contributed by atoms with Gasteiger partial charge >= 0.3 is 0 Å². The van der Waals surface area contributed by atoms with Crippen LogP contribution in [0.1, 0.15) is 45.4 Å². The first-order chi connectivity index (χ1) is 10.0. The molecule has 2 N–H and O–H groups in total. The third kappa shape index (κ3) is 4.85. The highest BCUT2D eigenvalue weighted by molar-refractivity contribution is 5.78. The molecule has 1 saturated heterocycles. The van der Waals surface area contributed by atoms with Gasteiger partial charge in [0.2, 0.25) is 11.8 Å². The molecule has 2 unspecified atom stereocenters. The van der Waals surface area contributed by atoms with E-state index in [4.69, 9.17) is 6.42 Å². The zero-order chi connectivity index (χ0) is 15.3. The molecule has 0 spiro atoms. The molecule has 0 aromatic carbocycles. The van der Waals surface area contributed by atoms with Crippen molar-refractivity contribution in [3.63, 3.8) is 0 Å². The van der Waals surface area contributed by atoms with E-state index in [0.717, 1.165) is 12.8 Å². The zero-order valence-electron chi connectivity index (χ0n) is 12.4. The predicted octanol–water partition coefficient (Wildman–Crippen LogP) is 1.37. The summed E-state index contributed by atoms with van der Waals surface area (Å²) >= 11 is 0. The first-order valence-corrected chi connectivity index (χ1v) is 7.46. The Kier molecular flexibility index (Phi) is 4.94. The molecule has 0 aliphatic carbocycles. The first kappa shape index (κ1) is 15.5. The maximum Gasteiger partial charge on any atom is 0.220 e. The number of amides is 2. The number of piperidine rings is 1. The van der Waals surface area contributed by atoms with E-state index in [1.165, 1.54) is 0 Å². The third-order valence-electron chi connectivity index (χ3n) is 3.96. The smallest absolute Gasteiger partial charge is 0.220 e. The van der Waals surface area contributed by atoms with Crippen molar-refractivity contribution in [1.82, 2.24) is 10.6 Å². The number of carbonyl (C=O) groups excluding carboxylic acids is 2. The maximum absolute atomic E-state index is 11.9. The van der Waals surface area contributed by atoms with Crippen molar-refractivity contribution < 1.29 is 9.59 Å². The van der Waals surface area contributed by atoms with Crippen molar-refractivity contribution in [3.05, 3.63) is 0 Å². The molecule has 2 aliphatic heterocycles. The van der Waals surface area contributed by atoms with Gasteiger partial charge in [0, 0.05) is 44.7 Å². The summed E-state index contributed by atoms with van der Waals surface area (Å²) in [4.78, 5) is 23.3. The van der Waals surface area contributed by atoms with Crippen LogP contribution in [0.4, 0.5) is 0 Å². The minimum Gasteiger partial charge on any atom is -0.356 e. The fourth-order valence-electron chi connectivity index (χ4n) is 2.72. The Hall–Kier alpha value is -1.90. The Labute approximate surface area is 125 Å². The lowest BCUT2D eigenvalue weighted by Crippen LogP contribution is -2.44. The van der Waals surface area contributed by atoms with Crippen LogP contribution in [-0.4, -0.2) is 30.1 Å². The number of nitrogens with zero attached hydrogens (tertiary/aromatic N) is 2. The van der Waals surface area contributed by atoms with E-state index in [1.807, 2.05) is 6.92 Å². The van der Waals surface area contributed by atoms with Crippen molar-refractivity contribution in [2.75, 3.05) is 6.54 Å². The molecule has 0 radical (unpaired) electrons. The normalized spacial score (nSPS) is 25.8. The minimum atomic E-state index is -0.400. The average molecular weight is 290 g/mol. The largest absolute Gasteiger partial charge is 0.356 e. The summed E-state index contributed by atoms with van der Waals surface area (Å²) in [6, 6.07) is 0.184. The molecule has 2 rings (SSSR count). The van der Waals surface area contributed by atoms with Crippen molar-refractivity contribution in [1.29, 1.82) is 0 Å². The molecule has 0 aromatic heterocycles. The summed E-state index contributed by atoms with van der Waals surface area (Å²) in [5.74, 6) is 2.85. The van der Waals surface area contributed by atoms with Gasteiger partial charge in [0.25, 0.3) is 0 Å². The lowest BCUT2D eigenvalue weighted by Gasteiger charge is -2.27. The Bertz CT molecular complexity index is 475. The zero-order valence-corrected chi connectivity index (χ0v) is 12.4. The van der Waals surface area contributed by atoms with E-state index in [-0.39, 0.29) is 23.8 Å². The van der Waals surface area contributed by atoms with Crippen LogP contribution < -0.4 is 10.6 Å². The summed E-state index contributed by atoms with van der Waals surface area (Å²) in [5, 5.41) is 13.8. The number of hydrogen-bond donors (Lipinski definition) is 2. The highest BCUT2D eigenvalue weighted by Crippen LogP contribution is 2.37. The van der Waals surface area contributed by atoms with E-state index in [9.17, 15) is 9.59 Å². The Morgan fingerprint density at radius 1 is 1.52 bits per heavy atom. The predicted molar refractivity (Wildman–Crippen MR) is 78.2 cm³/mol. The number of rotatable bonds is 7. The van der Waals surface area contributed by atoms with Crippen LogP contribution in [0.3, 0.4) is 0 Å². The lowest BCUT2D eigenvalue weighted by atomic mass is 9.92. The van der Waals surface area contributed by atoms with Gasteiger partial charge < -0.3 is 10.6 Å². The van der Waals surface area contributed by atoms with Gasteiger partial charge in [-0.15, -0.1) is 12.3 Å². The van der Waals surface area contributed by atoms with E-state index < -0.39 is 5.66 Å². The SMILES string of the molecule is C#CCCC1(CCC(=O)NCC2CC(=O)NC(C)C2)N=N1. The van der Waals surface area contributed by atoms with Crippen LogP contribution in [-0.2, 0) is 9.59 Å². The van der Waals surface area contributed by atoms with Gasteiger partial charge in [-0.2, -0.15) is 10.2 Å². The molecule has 1 fully saturated rings. The van der Waals surface area contributed by atoms with E-state index >= 15 is 0 Å². The van der Waals surface area contributed by atoms with Crippen molar-refractivity contribution in [3.8, 4) is 12.3 Å². The van der Waals surface area contributed by atoms with Gasteiger partial charge in [0.15, 0.2) is 5.66 Å². The molecule has 2 aliphatic rings. The van der Waals surface area contributed by atoms with Crippen molar-refractivity contribution in [2.24, 2.45) is 16.1 Å². The molecule has 0 aromatic rings. The van der Waals surface area contributed by atoms with E-state index in [0.29, 0.717) is 32.2 Å². The molecule has 2 atom stereocenters. The molecule has 2 amide bonds. The van der Waals surface area contributed by atoms with Gasteiger partial charge in [-0.25, -0.2) is 0 Å². The molecule has 6 heteroatoms. The molecule has 6 nitrogen and oxygen atoms in total. The van der Waals surface area contributed by atoms with Crippen LogP contribution in [0.2, 0.25) is 0 Å². The Balaban J connectivity index is 1.64. The molecule has 0 bridgehead atoms. The fourth-order valence-corrected chi connectivity index (χ4v) is 2.72. The molecule has 2 heterocycles. The van der Waals surface area contributed by atoms with Gasteiger partial charge in [-0.1, -0.05) is 0 Å². The van der Waals surface area contributed by atoms with Crippen LogP contribution in [0.25, 0.3) is 0 Å². The second-order valence-corrected chi connectivity index (χ2v) is 5.97. The van der Waals surface area contributed by atoms with Gasteiger partial charge in [-0.05, 0) is 19.3 Å². The van der Waals surface area contributed by atoms with Gasteiger partial charge in [0.1, 0.15) is 0 Å². The topological polar surface area (TPSA) is 82.9 Å². The minimum absolute atomic E-state index is 0.00832. The third-order valence-corrected chi connectivity index (χ3v) is 3.96. The van der Waals surface area contributed by atoms with Crippen molar-refractivity contribution >= 4 is 11.8 Å². The van der Waals surface area contributed by atoms with Crippen LogP contribution in [0.5, 0.6) is 0 Å². The number of terminal acetylenes is 1. The molecule has 21 heavy (non-hydrogen) atoms. The quantitative estimate of drug-likeness (QED) is 0.694. The molecular formula is C15H22N4O2.